The molecule has 0 bridgehead atoms. The molecule has 1 amide bonds. The van der Waals surface area contributed by atoms with E-state index in [0.717, 1.165) is 38.4 Å². The maximum atomic E-state index is 12.3. The fourth-order valence-corrected chi connectivity index (χ4v) is 3.64. The maximum Gasteiger partial charge on any atom is 0.249 e. The number of nitrogens with two attached hydrogens (primary N) is 1. The van der Waals surface area contributed by atoms with Gasteiger partial charge in [0.15, 0.2) is 0 Å². The summed E-state index contributed by atoms with van der Waals surface area (Å²) in [6.07, 6.45) is 0. The van der Waals surface area contributed by atoms with Gasteiger partial charge in [-0.3, -0.25) is 4.79 Å². The Hall–Kier alpha value is -3.33. The number of carbonyl (C=O) groups is 1. The fraction of sp³-hybridized carbons (Fsp3) is 0.0870. The Balaban J connectivity index is 2.25. The van der Waals surface area contributed by atoms with Crippen molar-refractivity contribution in [2.75, 3.05) is 19.0 Å². The van der Waals surface area contributed by atoms with Gasteiger partial charge in [0.2, 0.25) is 5.91 Å². The van der Waals surface area contributed by atoms with Crippen molar-refractivity contribution in [1.82, 2.24) is 0 Å². The number of benzene rings is 4. The Morgan fingerprint density at radius 2 is 1.27 bits per heavy atom. The first-order valence-electron chi connectivity index (χ1n) is 8.59. The van der Waals surface area contributed by atoms with E-state index in [-0.39, 0.29) is 0 Å². The van der Waals surface area contributed by atoms with Crippen LogP contribution < -0.4 is 10.6 Å². The fourth-order valence-electron chi connectivity index (χ4n) is 3.64. The third-order valence-corrected chi connectivity index (χ3v) is 4.83. The summed E-state index contributed by atoms with van der Waals surface area (Å²) < 4.78 is 0. The molecule has 0 unspecified atom stereocenters. The summed E-state index contributed by atoms with van der Waals surface area (Å²) in [4.78, 5) is 14.3. The van der Waals surface area contributed by atoms with E-state index in [1.165, 1.54) is 0 Å². The smallest absolute Gasteiger partial charge is 0.249 e. The Kier molecular flexibility index (Phi) is 3.85. The molecule has 128 valence electrons. The average molecular weight is 340 g/mol. The molecule has 0 aliphatic carbocycles. The first-order chi connectivity index (χ1) is 12.6. The van der Waals surface area contributed by atoms with Crippen LogP contribution in [-0.2, 0) is 0 Å². The molecule has 26 heavy (non-hydrogen) atoms. The van der Waals surface area contributed by atoms with E-state index in [1.54, 1.807) is 0 Å². The molecule has 3 nitrogen and oxygen atoms in total. The third kappa shape index (κ3) is 2.49. The van der Waals surface area contributed by atoms with Gasteiger partial charge in [-0.25, -0.2) is 0 Å². The van der Waals surface area contributed by atoms with Gasteiger partial charge in [0.05, 0.1) is 0 Å². The van der Waals surface area contributed by atoms with Crippen LogP contribution in [0.1, 0.15) is 10.4 Å². The number of hydrogen-bond acceptors (Lipinski definition) is 2. The third-order valence-electron chi connectivity index (χ3n) is 4.83. The number of hydrogen-bond donors (Lipinski definition) is 1. The van der Waals surface area contributed by atoms with Gasteiger partial charge in [0, 0.05) is 36.5 Å². The van der Waals surface area contributed by atoms with Gasteiger partial charge in [0.25, 0.3) is 0 Å². The van der Waals surface area contributed by atoms with E-state index in [9.17, 15) is 4.79 Å². The topological polar surface area (TPSA) is 46.3 Å². The molecule has 0 aliphatic heterocycles. The highest BCUT2D eigenvalue weighted by atomic mass is 16.1. The van der Waals surface area contributed by atoms with Crippen molar-refractivity contribution in [1.29, 1.82) is 0 Å². The highest BCUT2D eigenvalue weighted by molar-refractivity contribution is 6.16. The molecule has 0 saturated carbocycles. The normalized spacial score (nSPS) is 11.0. The Morgan fingerprint density at radius 3 is 1.85 bits per heavy atom. The number of nitrogens with zero attached hydrogens (tertiary/aromatic N) is 1. The molecule has 0 spiro atoms. The number of anilines is 1. The van der Waals surface area contributed by atoms with Crippen molar-refractivity contribution in [3.05, 3.63) is 78.4 Å². The van der Waals surface area contributed by atoms with E-state index in [4.69, 9.17) is 5.73 Å². The van der Waals surface area contributed by atoms with Gasteiger partial charge in [-0.2, -0.15) is 0 Å². The van der Waals surface area contributed by atoms with Crippen LogP contribution in [0.3, 0.4) is 0 Å². The predicted molar refractivity (Wildman–Crippen MR) is 110 cm³/mol. The van der Waals surface area contributed by atoms with Gasteiger partial charge in [-0.05, 0) is 33.7 Å². The molecule has 0 fully saturated rings. The largest absolute Gasteiger partial charge is 0.377 e. The minimum Gasteiger partial charge on any atom is -0.377 e. The van der Waals surface area contributed by atoms with E-state index >= 15 is 0 Å². The summed E-state index contributed by atoms with van der Waals surface area (Å²) in [6, 6.07) is 24.4. The van der Waals surface area contributed by atoms with Crippen molar-refractivity contribution in [3.8, 4) is 11.1 Å². The predicted octanol–water partition coefficient (Wildman–Crippen LogP) is 4.82. The first kappa shape index (κ1) is 16.2. The molecule has 0 heterocycles. The van der Waals surface area contributed by atoms with Crippen LogP contribution in [0.4, 0.5) is 5.69 Å². The van der Waals surface area contributed by atoms with Gasteiger partial charge in [0.1, 0.15) is 0 Å². The molecule has 0 radical (unpaired) electrons. The zero-order valence-corrected chi connectivity index (χ0v) is 14.9. The van der Waals surface area contributed by atoms with Gasteiger partial charge < -0.3 is 10.6 Å². The lowest BCUT2D eigenvalue weighted by Gasteiger charge is -2.22. The summed E-state index contributed by atoms with van der Waals surface area (Å²) in [5.41, 5.74) is 9.30. The number of amides is 1. The van der Waals surface area contributed by atoms with Gasteiger partial charge >= 0.3 is 0 Å². The molecular formula is C23H20N2O. The van der Waals surface area contributed by atoms with Gasteiger partial charge in [-0.1, -0.05) is 60.7 Å². The van der Waals surface area contributed by atoms with Crippen LogP contribution in [0.25, 0.3) is 32.7 Å². The lowest BCUT2D eigenvalue weighted by atomic mass is 9.88. The van der Waals surface area contributed by atoms with Crippen molar-refractivity contribution in [2.24, 2.45) is 5.73 Å². The Morgan fingerprint density at radius 1 is 0.731 bits per heavy atom. The van der Waals surface area contributed by atoms with Crippen molar-refractivity contribution in [2.45, 2.75) is 0 Å². The van der Waals surface area contributed by atoms with Crippen LogP contribution in [0.5, 0.6) is 0 Å². The highest BCUT2D eigenvalue weighted by Gasteiger charge is 2.19. The van der Waals surface area contributed by atoms with Crippen molar-refractivity contribution in [3.63, 3.8) is 0 Å². The summed E-state index contributed by atoms with van der Waals surface area (Å²) >= 11 is 0. The first-order valence-corrected chi connectivity index (χ1v) is 8.59. The van der Waals surface area contributed by atoms with E-state index < -0.39 is 5.91 Å². The minimum atomic E-state index is -0.414. The SMILES string of the molecule is CN(C)c1ccc2ccccc2c1-c1c(C(N)=O)ccc2ccccc12. The average Bonchev–Trinajstić information content (AvgIpc) is 2.66. The number of fused-ring (bicyclic) bond motifs is 2. The van der Waals surface area contributed by atoms with E-state index in [1.807, 2.05) is 50.5 Å². The minimum absolute atomic E-state index is 0.414. The summed E-state index contributed by atoms with van der Waals surface area (Å²) in [6.45, 7) is 0. The quantitative estimate of drug-likeness (QED) is 0.581. The van der Waals surface area contributed by atoms with Crippen LogP contribution in [0.15, 0.2) is 72.8 Å². The number of primary amides is 1. The molecule has 0 saturated heterocycles. The molecule has 0 aromatic heterocycles. The summed E-state index contributed by atoms with van der Waals surface area (Å²) in [7, 11) is 4.03. The summed E-state index contributed by atoms with van der Waals surface area (Å²) in [5.74, 6) is -0.414. The Labute approximate surface area is 152 Å². The molecule has 3 heteroatoms. The van der Waals surface area contributed by atoms with Crippen LogP contribution in [0, 0.1) is 0 Å². The maximum absolute atomic E-state index is 12.3. The molecule has 0 atom stereocenters. The second-order valence-corrected chi connectivity index (χ2v) is 6.65. The second kappa shape index (κ2) is 6.19. The molecule has 4 aromatic rings. The van der Waals surface area contributed by atoms with E-state index in [2.05, 4.69) is 41.3 Å². The summed E-state index contributed by atoms with van der Waals surface area (Å²) in [5, 5.41) is 4.36. The molecule has 4 aromatic carbocycles. The molecular weight excluding hydrogens is 320 g/mol. The number of rotatable bonds is 3. The molecule has 4 rings (SSSR count). The standard InChI is InChI=1S/C23H20N2O/c1-25(2)20-14-12-16-8-4-6-10-18(16)22(20)21-17-9-5-3-7-15(17)11-13-19(21)23(24)26/h3-14H,1-2H3,(H2,24,26). The van der Waals surface area contributed by atoms with Gasteiger partial charge in [-0.15, -0.1) is 0 Å². The lowest BCUT2D eigenvalue weighted by molar-refractivity contribution is 0.100. The highest BCUT2D eigenvalue weighted by Crippen LogP contribution is 2.42. The lowest BCUT2D eigenvalue weighted by Crippen LogP contribution is -2.15. The zero-order chi connectivity index (χ0) is 18.3. The van der Waals surface area contributed by atoms with E-state index in [0.29, 0.717) is 5.56 Å². The van der Waals surface area contributed by atoms with Crippen LogP contribution in [0.2, 0.25) is 0 Å². The monoisotopic (exact) mass is 340 g/mol. The zero-order valence-electron chi connectivity index (χ0n) is 14.9. The van der Waals surface area contributed by atoms with Crippen LogP contribution >= 0.6 is 0 Å². The number of carbonyl (C=O) groups excluding carboxylic acids is 1. The Bertz CT molecular complexity index is 1150. The van der Waals surface area contributed by atoms with Crippen molar-refractivity contribution < 1.29 is 4.79 Å². The second-order valence-electron chi connectivity index (χ2n) is 6.65. The molecule has 0 aliphatic rings. The van der Waals surface area contributed by atoms with Crippen LogP contribution in [-0.4, -0.2) is 20.0 Å². The van der Waals surface area contributed by atoms with Crippen molar-refractivity contribution >= 4 is 33.1 Å². The molecule has 2 N–H and O–H groups in total.